The monoisotopic (exact) mass is 299 g/mol. The van der Waals surface area contributed by atoms with Crippen molar-refractivity contribution >= 4 is 6.09 Å². The molecular formula is C15H19F2NO3. The summed E-state index contributed by atoms with van der Waals surface area (Å²) in [6.45, 7) is 6.29. The minimum atomic E-state index is -0.950. The predicted octanol–water partition coefficient (Wildman–Crippen LogP) is 3.35. The van der Waals surface area contributed by atoms with Gasteiger partial charge in [-0.3, -0.25) is 0 Å². The maximum atomic E-state index is 13.1. The Labute approximate surface area is 122 Å². The van der Waals surface area contributed by atoms with Crippen molar-refractivity contribution in [2.75, 3.05) is 13.1 Å². The topological polar surface area (TPSA) is 38.8 Å². The van der Waals surface area contributed by atoms with Crippen LogP contribution in [0, 0.1) is 11.6 Å². The average molecular weight is 299 g/mol. The molecule has 0 aromatic heterocycles. The number of benzene rings is 1. The van der Waals surface area contributed by atoms with E-state index < -0.39 is 17.2 Å². The predicted molar refractivity (Wildman–Crippen MR) is 73.2 cm³/mol. The zero-order valence-corrected chi connectivity index (χ0v) is 12.4. The largest absolute Gasteiger partial charge is 0.488 e. The molecule has 0 aliphatic carbocycles. The molecule has 1 amide bonds. The molecule has 1 heterocycles. The molecule has 1 fully saturated rings. The van der Waals surface area contributed by atoms with Crippen LogP contribution in [0.25, 0.3) is 0 Å². The van der Waals surface area contributed by atoms with Crippen LogP contribution >= 0.6 is 0 Å². The molecule has 1 saturated heterocycles. The molecule has 1 aliphatic rings. The number of carbonyl (C=O) groups is 1. The zero-order chi connectivity index (χ0) is 15.6. The van der Waals surface area contributed by atoms with Gasteiger partial charge in [0.15, 0.2) is 11.6 Å². The average Bonchev–Trinajstić information content (AvgIpc) is 2.80. The van der Waals surface area contributed by atoms with E-state index in [1.54, 1.807) is 25.7 Å². The number of amides is 1. The molecule has 2 rings (SSSR count). The smallest absolute Gasteiger partial charge is 0.410 e. The first-order valence-corrected chi connectivity index (χ1v) is 6.84. The van der Waals surface area contributed by atoms with Crippen LogP contribution in [0.2, 0.25) is 0 Å². The van der Waals surface area contributed by atoms with E-state index in [2.05, 4.69) is 0 Å². The number of carbonyl (C=O) groups excluding carboxylic acids is 1. The Hall–Kier alpha value is -1.85. The highest BCUT2D eigenvalue weighted by atomic mass is 19.2. The van der Waals surface area contributed by atoms with Gasteiger partial charge in [0, 0.05) is 19.0 Å². The second-order valence-electron chi connectivity index (χ2n) is 6.03. The SMILES string of the molecule is CC(C)(C)OC(=O)N1CCC(Oc2ccc(F)c(F)c2)C1. The van der Waals surface area contributed by atoms with Gasteiger partial charge in [-0.25, -0.2) is 13.6 Å². The van der Waals surface area contributed by atoms with Crippen molar-refractivity contribution in [3.8, 4) is 5.75 Å². The summed E-state index contributed by atoms with van der Waals surface area (Å²) in [5.41, 5.74) is -0.546. The number of likely N-dealkylation sites (tertiary alicyclic amines) is 1. The first kappa shape index (κ1) is 15.5. The Kier molecular flexibility index (Phi) is 4.34. The van der Waals surface area contributed by atoms with E-state index in [0.717, 1.165) is 12.1 Å². The van der Waals surface area contributed by atoms with E-state index in [0.29, 0.717) is 19.5 Å². The zero-order valence-electron chi connectivity index (χ0n) is 12.4. The number of ether oxygens (including phenoxy) is 2. The number of rotatable bonds is 2. The summed E-state index contributed by atoms with van der Waals surface area (Å²) < 4.78 is 36.8. The maximum Gasteiger partial charge on any atom is 0.410 e. The molecule has 1 unspecified atom stereocenters. The first-order chi connectivity index (χ1) is 9.74. The van der Waals surface area contributed by atoms with Crippen LogP contribution < -0.4 is 4.74 Å². The minimum Gasteiger partial charge on any atom is -0.488 e. The summed E-state index contributed by atoms with van der Waals surface area (Å²) in [5, 5.41) is 0. The van der Waals surface area contributed by atoms with E-state index in [1.165, 1.54) is 6.07 Å². The molecule has 1 aromatic carbocycles. The lowest BCUT2D eigenvalue weighted by atomic mass is 10.2. The first-order valence-electron chi connectivity index (χ1n) is 6.84. The Morgan fingerprint density at radius 1 is 1.29 bits per heavy atom. The van der Waals surface area contributed by atoms with E-state index in [1.807, 2.05) is 0 Å². The van der Waals surface area contributed by atoms with Gasteiger partial charge in [0.25, 0.3) is 0 Å². The van der Waals surface area contributed by atoms with Gasteiger partial charge in [0.05, 0.1) is 6.54 Å². The van der Waals surface area contributed by atoms with Gasteiger partial charge in [-0.15, -0.1) is 0 Å². The fraction of sp³-hybridized carbons (Fsp3) is 0.533. The van der Waals surface area contributed by atoms with Crippen molar-refractivity contribution in [1.29, 1.82) is 0 Å². The van der Waals surface area contributed by atoms with Gasteiger partial charge >= 0.3 is 6.09 Å². The number of hydrogen-bond acceptors (Lipinski definition) is 3. The lowest BCUT2D eigenvalue weighted by molar-refractivity contribution is 0.0275. The molecule has 0 spiro atoms. The van der Waals surface area contributed by atoms with E-state index in [-0.39, 0.29) is 17.9 Å². The lowest BCUT2D eigenvalue weighted by Crippen LogP contribution is -2.36. The highest BCUT2D eigenvalue weighted by molar-refractivity contribution is 5.68. The summed E-state index contributed by atoms with van der Waals surface area (Å²) in [5.74, 6) is -1.61. The number of hydrogen-bond donors (Lipinski definition) is 0. The van der Waals surface area contributed by atoms with Crippen LogP contribution in [0.3, 0.4) is 0 Å². The van der Waals surface area contributed by atoms with Crippen LogP contribution in [-0.4, -0.2) is 35.8 Å². The van der Waals surface area contributed by atoms with Gasteiger partial charge < -0.3 is 14.4 Å². The molecule has 116 valence electrons. The third kappa shape index (κ3) is 4.31. The van der Waals surface area contributed by atoms with Crippen LogP contribution in [-0.2, 0) is 4.74 Å². The Morgan fingerprint density at radius 2 is 2.00 bits per heavy atom. The minimum absolute atomic E-state index is 0.248. The summed E-state index contributed by atoms with van der Waals surface area (Å²) in [6.07, 6.45) is -0.0145. The molecule has 1 aromatic rings. The third-order valence-corrected chi connectivity index (χ3v) is 2.99. The molecule has 1 atom stereocenters. The van der Waals surface area contributed by atoms with Crippen molar-refractivity contribution in [3.05, 3.63) is 29.8 Å². The molecule has 1 aliphatic heterocycles. The normalized spacial score (nSPS) is 18.7. The fourth-order valence-electron chi connectivity index (χ4n) is 2.06. The van der Waals surface area contributed by atoms with Crippen molar-refractivity contribution in [2.45, 2.75) is 38.9 Å². The van der Waals surface area contributed by atoms with E-state index in [9.17, 15) is 13.6 Å². The number of halogens is 2. The molecule has 0 saturated carbocycles. The quantitative estimate of drug-likeness (QED) is 0.840. The molecule has 0 bridgehead atoms. The second-order valence-corrected chi connectivity index (χ2v) is 6.03. The van der Waals surface area contributed by atoms with Crippen molar-refractivity contribution in [2.24, 2.45) is 0 Å². The van der Waals surface area contributed by atoms with Crippen LogP contribution in [0.15, 0.2) is 18.2 Å². The Morgan fingerprint density at radius 3 is 2.62 bits per heavy atom. The molecule has 6 heteroatoms. The highest BCUT2D eigenvalue weighted by Crippen LogP contribution is 2.22. The Bertz CT molecular complexity index is 528. The standard InChI is InChI=1S/C15H19F2NO3/c1-15(2,3)21-14(19)18-7-6-11(9-18)20-10-4-5-12(16)13(17)8-10/h4-5,8,11H,6-7,9H2,1-3H3. The summed E-state index contributed by atoms with van der Waals surface area (Å²) in [7, 11) is 0. The van der Waals surface area contributed by atoms with Gasteiger partial charge in [-0.05, 0) is 32.9 Å². The second kappa shape index (κ2) is 5.87. The van der Waals surface area contributed by atoms with Crippen molar-refractivity contribution in [1.82, 2.24) is 4.90 Å². The maximum absolute atomic E-state index is 13.1. The van der Waals surface area contributed by atoms with Gasteiger partial charge in [0.1, 0.15) is 17.5 Å². The summed E-state index contributed by atoms with van der Waals surface area (Å²) >= 11 is 0. The van der Waals surface area contributed by atoms with Crippen LogP contribution in [0.1, 0.15) is 27.2 Å². The van der Waals surface area contributed by atoms with Gasteiger partial charge in [0.2, 0.25) is 0 Å². The number of nitrogens with zero attached hydrogens (tertiary/aromatic N) is 1. The molecule has 0 radical (unpaired) electrons. The van der Waals surface area contributed by atoms with Gasteiger partial charge in [-0.2, -0.15) is 0 Å². The summed E-state index contributed by atoms with van der Waals surface area (Å²) in [4.78, 5) is 13.4. The lowest BCUT2D eigenvalue weighted by Gasteiger charge is -2.24. The summed E-state index contributed by atoms with van der Waals surface area (Å²) in [6, 6.07) is 3.39. The third-order valence-electron chi connectivity index (χ3n) is 2.99. The van der Waals surface area contributed by atoms with Crippen molar-refractivity contribution in [3.63, 3.8) is 0 Å². The molecular weight excluding hydrogens is 280 g/mol. The Balaban J connectivity index is 1.90. The van der Waals surface area contributed by atoms with Crippen molar-refractivity contribution < 1.29 is 23.0 Å². The molecule has 4 nitrogen and oxygen atoms in total. The fourth-order valence-corrected chi connectivity index (χ4v) is 2.06. The van der Waals surface area contributed by atoms with Gasteiger partial charge in [-0.1, -0.05) is 0 Å². The van der Waals surface area contributed by atoms with E-state index in [4.69, 9.17) is 9.47 Å². The van der Waals surface area contributed by atoms with E-state index >= 15 is 0 Å². The molecule has 21 heavy (non-hydrogen) atoms. The van der Waals surface area contributed by atoms with Crippen LogP contribution in [0.5, 0.6) is 5.75 Å². The highest BCUT2D eigenvalue weighted by Gasteiger charge is 2.30. The molecule has 0 N–H and O–H groups in total. The van der Waals surface area contributed by atoms with Crippen LogP contribution in [0.4, 0.5) is 13.6 Å².